The molecule has 4 nitrogen and oxygen atoms in total. The van der Waals surface area contributed by atoms with E-state index in [-0.39, 0.29) is 12.2 Å². The van der Waals surface area contributed by atoms with Gasteiger partial charge in [0.25, 0.3) is 5.91 Å². The highest BCUT2D eigenvalue weighted by atomic mass is 35.5. The van der Waals surface area contributed by atoms with Gasteiger partial charge in [-0.05, 0) is 54.1 Å². The van der Waals surface area contributed by atoms with Crippen molar-refractivity contribution in [3.63, 3.8) is 0 Å². The highest BCUT2D eigenvalue weighted by molar-refractivity contribution is 6.30. The summed E-state index contributed by atoms with van der Waals surface area (Å²) in [5, 5.41) is 12.6. The predicted octanol–water partition coefficient (Wildman–Crippen LogP) is 5.60. The van der Waals surface area contributed by atoms with Crippen LogP contribution in [0.15, 0.2) is 78.4 Å². The molecule has 0 aliphatic carbocycles. The van der Waals surface area contributed by atoms with Gasteiger partial charge in [-0.3, -0.25) is 4.79 Å². The van der Waals surface area contributed by atoms with Gasteiger partial charge in [0.2, 0.25) is 0 Å². The standard InChI is InChI=1S/C23H16ClFN2O2/c24-19-6-3-4-16(12-19)15-29-22-7-2-1-5-17(22)13-18(14-26)23(28)27-21-10-8-20(25)9-11-21/h1-13H,15H2,(H,27,28)/b18-13+. The van der Waals surface area contributed by atoms with Crippen molar-refractivity contribution in [3.05, 3.63) is 100 Å². The molecule has 3 aromatic carbocycles. The molecule has 0 bridgehead atoms. The molecule has 144 valence electrons. The minimum atomic E-state index is -0.594. The lowest BCUT2D eigenvalue weighted by molar-refractivity contribution is -0.112. The van der Waals surface area contributed by atoms with Crippen molar-refractivity contribution >= 4 is 29.3 Å². The Bertz CT molecular complexity index is 1090. The Morgan fingerprint density at radius 3 is 2.59 bits per heavy atom. The van der Waals surface area contributed by atoms with Gasteiger partial charge < -0.3 is 10.1 Å². The van der Waals surface area contributed by atoms with E-state index in [0.29, 0.717) is 22.0 Å². The zero-order chi connectivity index (χ0) is 20.6. The van der Waals surface area contributed by atoms with E-state index in [1.54, 1.807) is 36.4 Å². The maximum atomic E-state index is 13.0. The van der Waals surface area contributed by atoms with Crippen LogP contribution in [0.25, 0.3) is 6.08 Å². The van der Waals surface area contributed by atoms with E-state index in [1.807, 2.05) is 18.2 Å². The lowest BCUT2D eigenvalue weighted by Gasteiger charge is -2.10. The van der Waals surface area contributed by atoms with Crippen LogP contribution in [0.5, 0.6) is 5.75 Å². The molecule has 0 aromatic heterocycles. The number of rotatable bonds is 6. The number of anilines is 1. The molecule has 0 unspecified atom stereocenters. The van der Waals surface area contributed by atoms with Crippen LogP contribution in [-0.4, -0.2) is 5.91 Å². The first-order valence-electron chi connectivity index (χ1n) is 8.70. The Labute approximate surface area is 172 Å². The Balaban J connectivity index is 1.77. The zero-order valence-electron chi connectivity index (χ0n) is 15.2. The number of amides is 1. The van der Waals surface area contributed by atoms with Gasteiger partial charge in [-0.2, -0.15) is 5.26 Å². The van der Waals surface area contributed by atoms with Crippen molar-refractivity contribution in [1.29, 1.82) is 5.26 Å². The summed E-state index contributed by atoms with van der Waals surface area (Å²) >= 11 is 5.99. The Morgan fingerprint density at radius 2 is 1.86 bits per heavy atom. The van der Waals surface area contributed by atoms with Gasteiger partial charge in [-0.25, -0.2) is 4.39 Å². The first kappa shape index (κ1) is 20.1. The van der Waals surface area contributed by atoms with Crippen LogP contribution in [-0.2, 0) is 11.4 Å². The normalized spacial score (nSPS) is 10.9. The third-order valence-corrected chi connectivity index (χ3v) is 4.20. The summed E-state index contributed by atoms with van der Waals surface area (Å²) in [6, 6.07) is 21.6. The fourth-order valence-electron chi connectivity index (χ4n) is 2.55. The molecule has 0 aliphatic rings. The number of nitrogens with one attached hydrogen (secondary N) is 1. The average molecular weight is 407 g/mol. The van der Waals surface area contributed by atoms with Crippen molar-refractivity contribution in [2.24, 2.45) is 0 Å². The monoisotopic (exact) mass is 406 g/mol. The fraction of sp³-hybridized carbons (Fsp3) is 0.0435. The Kier molecular flexibility index (Phi) is 6.62. The lowest BCUT2D eigenvalue weighted by Crippen LogP contribution is -2.13. The molecular formula is C23H16ClFN2O2. The smallest absolute Gasteiger partial charge is 0.266 e. The molecule has 0 saturated carbocycles. The quantitative estimate of drug-likeness (QED) is 0.428. The SMILES string of the molecule is N#C/C(=C\c1ccccc1OCc1cccc(Cl)c1)C(=O)Nc1ccc(F)cc1. The van der Waals surface area contributed by atoms with Crippen LogP contribution in [0.1, 0.15) is 11.1 Å². The van der Waals surface area contributed by atoms with E-state index in [0.717, 1.165) is 5.56 Å². The summed E-state index contributed by atoms with van der Waals surface area (Å²) in [6.45, 7) is 0.287. The molecule has 6 heteroatoms. The van der Waals surface area contributed by atoms with Crippen molar-refractivity contribution in [2.75, 3.05) is 5.32 Å². The van der Waals surface area contributed by atoms with Crippen LogP contribution in [0.3, 0.4) is 0 Å². The molecule has 1 N–H and O–H groups in total. The van der Waals surface area contributed by atoms with E-state index in [1.165, 1.54) is 30.3 Å². The molecule has 0 aliphatic heterocycles. The van der Waals surface area contributed by atoms with Crippen LogP contribution < -0.4 is 10.1 Å². The van der Waals surface area contributed by atoms with Crippen LogP contribution >= 0.6 is 11.6 Å². The number of nitriles is 1. The van der Waals surface area contributed by atoms with E-state index in [4.69, 9.17) is 16.3 Å². The average Bonchev–Trinajstić information content (AvgIpc) is 2.73. The van der Waals surface area contributed by atoms with Crippen molar-refractivity contribution in [3.8, 4) is 11.8 Å². The molecule has 29 heavy (non-hydrogen) atoms. The van der Waals surface area contributed by atoms with E-state index in [9.17, 15) is 14.4 Å². The highest BCUT2D eigenvalue weighted by Crippen LogP contribution is 2.23. The topological polar surface area (TPSA) is 62.1 Å². The maximum Gasteiger partial charge on any atom is 0.266 e. The fourth-order valence-corrected chi connectivity index (χ4v) is 2.77. The third-order valence-electron chi connectivity index (χ3n) is 3.97. The number of ether oxygens (including phenoxy) is 1. The Hall–Kier alpha value is -3.62. The highest BCUT2D eigenvalue weighted by Gasteiger charge is 2.11. The number of hydrogen-bond acceptors (Lipinski definition) is 3. The first-order chi connectivity index (χ1) is 14.0. The molecule has 1 amide bonds. The number of nitrogens with zero attached hydrogens (tertiary/aromatic N) is 1. The summed E-state index contributed by atoms with van der Waals surface area (Å²) in [5.41, 5.74) is 1.77. The van der Waals surface area contributed by atoms with Gasteiger partial charge in [0.05, 0.1) is 0 Å². The first-order valence-corrected chi connectivity index (χ1v) is 9.08. The van der Waals surface area contributed by atoms with Crippen LogP contribution in [0.4, 0.5) is 10.1 Å². The summed E-state index contributed by atoms with van der Waals surface area (Å²) < 4.78 is 18.8. The number of halogens is 2. The maximum absolute atomic E-state index is 13.0. The second-order valence-electron chi connectivity index (χ2n) is 6.09. The minimum absolute atomic E-state index is 0.104. The molecule has 0 atom stereocenters. The number of carbonyl (C=O) groups is 1. The molecular weight excluding hydrogens is 391 g/mol. The molecule has 0 radical (unpaired) electrons. The second kappa shape index (κ2) is 9.54. The second-order valence-corrected chi connectivity index (χ2v) is 6.52. The number of carbonyl (C=O) groups excluding carboxylic acids is 1. The molecule has 0 fully saturated rings. The lowest BCUT2D eigenvalue weighted by atomic mass is 10.1. The molecule has 0 heterocycles. The van der Waals surface area contributed by atoms with Crippen molar-refractivity contribution in [1.82, 2.24) is 0 Å². The molecule has 0 spiro atoms. The van der Waals surface area contributed by atoms with Crippen molar-refractivity contribution < 1.29 is 13.9 Å². The van der Waals surface area contributed by atoms with Gasteiger partial charge >= 0.3 is 0 Å². The minimum Gasteiger partial charge on any atom is -0.488 e. The third kappa shape index (κ3) is 5.68. The molecule has 0 saturated heterocycles. The summed E-state index contributed by atoms with van der Waals surface area (Å²) in [5.74, 6) is -0.483. The molecule has 3 aromatic rings. The number of benzene rings is 3. The zero-order valence-corrected chi connectivity index (χ0v) is 16.0. The van der Waals surface area contributed by atoms with E-state index in [2.05, 4.69) is 5.32 Å². The van der Waals surface area contributed by atoms with Gasteiger partial charge in [0.15, 0.2) is 0 Å². The van der Waals surface area contributed by atoms with E-state index < -0.39 is 11.7 Å². The van der Waals surface area contributed by atoms with Crippen LogP contribution in [0, 0.1) is 17.1 Å². The van der Waals surface area contributed by atoms with Crippen LogP contribution in [0.2, 0.25) is 5.02 Å². The largest absolute Gasteiger partial charge is 0.488 e. The van der Waals surface area contributed by atoms with E-state index >= 15 is 0 Å². The number of hydrogen-bond donors (Lipinski definition) is 1. The molecule has 3 rings (SSSR count). The van der Waals surface area contributed by atoms with Gasteiger partial charge in [-0.1, -0.05) is 41.9 Å². The van der Waals surface area contributed by atoms with Gasteiger partial charge in [0.1, 0.15) is 29.8 Å². The van der Waals surface area contributed by atoms with Gasteiger partial charge in [0, 0.05) is 16.3 Å². The predicted molar refractivity (Wildman–Crippen MR) is 111 cm³/mol. The summed E-state index contributed by atoms with van der Waals surface area (Å²) in [4.78, 5) is 12.4. The van der Waals surface area contributed by atoms with Crippen molar-refractivity contribution in [2.45, 2.75) is 6.61 Å². The number of para-hydroxylation sites is 1. The Morgan fingerprint density at radius 1 is 1.10 bits per heavy atom. The summed E-state index contributed by atoms with van der Waals surface area (Å²) in [6.07, 6.45) is 1.45. The van der Waals surface area contributed by atoms with Gasteiger partial charge in [-0.15, -0.1) is 0 Å². The summed E-state index contributed by atoms with van der Waals surface area (Å²) in [7, 11) is 0.